The summed E-state index contributed by atoms with van der Waals surface area (Å²) in [5.74, 6) is 1.80. The van der Waals surface area contributed by atoms with Gasteiger partial charge in [-0.2, -0.15) is 0 Å². The molecule has 5 aliphatic rings. The van der Waals surface area contributed by atoms with Gasteiger partial charge in [0, 0.05) is 22.7 Å². The summed E-state index contributed by atoms with van der Waals surface area (Å²) in [7, 11) is 0. The molecule has 0 saturated heterocycles. The molecule has 0 amide bonds. The molecule has 0 heterocycles. The molecule has 25 heavy (non-hydrogen) atoms. The highest BCUT2D eigenvalue weighted by molar-refractivity contribution is 5.97. The van der Waals surface area contributed by atoms with Crippen LogP contribution in [-0.2, 0) is 9.59 Å². The van der Waals surface area contributed by atoms with Crippen molar-refractivity contribution in [2.24, 2.45) is 40.4 Å². The molecule has 1 N–H and O–H groups in total. The van der Waals surface area contributed by atoms with Crippen LogP contribution in [0.4, 0.5) is 0 Å². The number of ketones is 2. The maximum Gasteiger partial charge on any atom is 0.159 e. The molecule has 0 aromatic heterocycles. The lowest BCUT2D eigenvalue weighted by atomic mass is 9.47. The second kappa shape index (κ2) is 4.62. The number of hydrogen-bond acceptors (Lipinski definition) is 3. The van der Waals surface area contributed by atoms with Crippen LogP contribution in [0.1, 0.15) is 40.0 Å². The Labute approximate surface area is 148 Å². The zero-order valence-corrected chi connectivity index (χ0v) is 15.2. The molecular formula is C22H26O3. The van der Waals surface area contributed by atoms with Crippen LogP contribution in [-0.4, -0.2) is 22.8 Å². The van der Waals surface area contributed by atoms with Crippen LogP contribution in [0.2, 0.25) is 0 Å². The summed E-state index contributed by atoms with van der Waals surface area (Å²) in [5.41, 5.74) is 1.72. The van der Waals surface area contributed by atoms with Gasteiger partial charge in [-0.25, -0.2) is 0 Å². The van der Waals surface area contributed by atoms with Crippen LogP contribution in [0.3, 0.4) is 0 Å². The van der Waals surface area contributed by atoms with Gasteiger partial charge >= 0.3 is 0 Å². The fourth-order valence-corrected chi connectivity index (χ4v) is 7.13. The smallest absolute Gasteiger partial charge is 0.159 e. The number of allylic oxidation sites excluding steroid dienone is 6. The van der Waals surface area contributed by atoms with Gasteiger partial charge in [-0.05, 0) is 61.2 Å². The molecule has 0 bridgehead atoms. The van der Waals surface area contributed by atoms with Crippen molar-refractivity contribution in [3.8, 4) is 0 Å². The van der Waals surface area contributed by atoms with Crippen molar-refractivity contribution in [3.05, 3.63) is 35.5 Å². The zero-order valence-electron chi connectivity index (χ0n) is 15.2. The molecule has 3 nitrogen and oxygen atoms in total. The van der Waals surface area contributed by atoms with Gasteiger partial charge < -0.3 is 5.11 Å². The maximum atomic E-state index is 12.2. The van der Waals surface area contributed by atoms with E-state index < -0.39 is 6.10 Å². The van der Waals surface area contributed by atoms with Crippen molar-refractivity contribution < 1.29 is 14.7 Å². The highest BCUT2D eigenvalue weighted by Crippen LogP contribution is 2.69. The predicted octanol–water partition coefficient (Wildman–Crippen LogP) is 3.25. The van der Waals surface area contributed by atoms with E-state index in [1.54, 1.807) is 6.92 Å². The third kappa shape index (κ3) is 1.75. The quantitative estimate of drug-likeness (QED) is 0.798. The molecule has 2 fully saturated rings. The number of aliphatic hydroxyl groups is 1. The Balaban J connectivity index is 1.61. The van der Waals surface area contributed by atoms with Gasteiger partial charge in [-0.15, -0.1) is 0 Å². The Morgan fingerprint density at radius 1 is 1.28 bits per heavy atom. The number of carbonyl (C=O) groups is 2. The third-order valence-corrected chi connectivity index (χ3v) is 8.35. The van der Waals surface area contributed by atoms with E-state index in [9.17, 15) is 14.7 Å². The van der Waals surface area contributed by atoms with Crippen molar-refractivity contribution in [2.45, 2.75) is 46.1 Å². The minimum absolute atomic E-state index is 0.0995. The first-order valence-electron chi connectivity index (χ1n) is 9.62. The standard InChI is InChI=1S/C22H26O3/c1-11(23)15-6-7-16-13-5-4-12-8-18(24)14-9-17(14)22(12,3)20(13)19(25)10-21(15,16)2/h4-6,8,13-14,16-17,19-20,25H,7,9-10H2,1-3H3/t13-,14+,16-,17-,19-,20+,21+,22+/m0/s1. The predicted molar refractivity (Wildman–Crippen MR) is 94.5 cm³/mol. The molecule has 3 heteroatoms. The topological polar surface area (TPSA) is 54.4 Å². The van der Waals surface area contributed by atoms with Crippen molar-refractivity contribution in [1.82, 2.24) is 0 Å². The average molecular weight is 338 g/mol. The van der Waals surface area contributed by atoms with Crippen LogP contribution >= 0.6 is 0 Å². The summed E-state index contributed by atoms with van der Waals surface area (Å²) in [5, 5.41) is 11.2. The molecule has 5 rings (SSSR count). The van der Waals surface area contributed by atoms with E-state index in [1.165, 1.54) is 0 Å². The zero-order chi connectivity index (χ0) is 17.7. The number of aliphatic hydroxyl groups excluding tert-OH is 1. The monoisotopic (exact) mass is 338 g/mol. The first-order chi connectivity index (χ1) is 11.8. The molecule has 0 spiro atoms. The van der Waals surface area contributed by atoms with E-state index in [0.717, 1.165) is 24.0 Å². The van der Waals surface area contributed by atoms with E-state index >= 15 is 0 Å². The Morgan fingerprint density at radius 3 is 2.76 bits per heavy atom. The molecule has 0 aliphatic heterocycles. The summed E-state index contributed by atoms with van der Waals surface area (Å²) in [4.78, 5) is 24.4. The van der Waals surface area contributed by atoms with Gasteiger partial charge in [0.05, 0.1) is 6.10 Å². The lowest BCUT2D eigenvalue weighted by Crippen LogP contribution is -2.56. The van der Waals surface area contributed by atoms with Crippen LogP contribution < -0.4 is 0 Å². The van der Waals surface area contributed by atoms with Crippen molar-refractivity contribution in [1.29, 1.82) is 0 Å². The molecule has 2 saturated carbocycles. The van der Waals surface area contributed by atoms with Gasteiger partial charge in [-0.1, -0.05) is 32.1 Å². The summed E-state index contributed by atoms with van der Waals surface area (Å²) >= 11 is 0. The van der Waals surface area contributed by atoms with E-state index in [0.29, 0.717) is 18.3 Å². The second-order valence-electron chi connectivity index (χ2n) is 9.40. The van der Waals surface area contributed by atoms with Crippen molar-refractivity contribution in [2.75, 3.05) is 0 Å². The lowest BCUT2D eigenvalue weighted by molar-refractivity contribution is -0.122. The largest absolute Gasteiger partial charge is 0.393 e. The summed E-state index contributed by atoms with van der Waals surface area (Å²) in [6.07, 6.45) is 10.5. The Kier molecular flexibility index (Phi) is 2.91. The van der Waals surface area contributed by atoms with E-state index in [2.05, 4.69) is 32.1 Å². The highest BCUT2D eigenvalue weighted by atomic mass is 16.3. The summed E-state index contributed by atoms with van der Waals surface area (Å²) in [6.45, 7) is 6.10. The van der Waals surface area contributed by atoms with Crippen LogP contribution in [0.25, 0.3) is 0 Å². The Morgan fingerprint density at radius 2 is 2.04 bits per heavy atom. The molecule has 0 unspecified atom stereocenters. The molecule has 0 aromatic rings. The van der Waals surface area contributed by atoms with Crippen molar-refractivity contribution >= 4 is 11.6 Å². The molecule has 132 valence electrons. The van der Waals surface area contributed by atoms with Crippen LogP contribution in [0.5, 0.6) is 0 Å². The lowest BCUT2D eigenvalue weighted by Gasteiger charge is -2.57. The van der Waals surface area contributed by atoms with E-state index in [4.69, 9.17) is 0 Å². The number of rotatable bonds is 1. The van der Waals surface area contributed by atoms with Crippen molar-refractivity contribution in [3.63, 3.8) is 0 Å². The molecule has 8 atom stereocenters. The second-order valence-corrected chi connectivity index (χ2v) is 9.40. The Hall–Kier alpha value is -1.48. The van der Waals surface area contributed by atoms with Crippen LogP contribution in [0.15, 0.2) is 35.5 Å². The first kappa shape index (κ1) is 15.7. The fourth-order valence-electron chi connectivity index (χ4n) is 7.13. The minimum Gasteiger partial charge on any atom is -0.393 e. The molecule has 0 radical (unpaired) electrons. The average Bonchev–Trinajstić information content (AvgIpc) is 3.26. The highest BCUT2D eigenvalue weighted by Gasteiger charge is 2.66. The molecule has 0 aromatic carbocycles. The fraction of sp³-hybridized carbons (Fsp3) is 0.636. The van der Waals surface area contributed by atoms with E-state index in [-0.39, 0.29) is 40.2 Å². The van der Waals surface area contributed by atoms with Crippen LogP contribution in [0, 0.1) is 40.4 Å². The van der Waals surface area contributed by atoms with Gasteiger partial charge in [0.2, 0.25) is 0 Å². The SMILES string of the molecule is CC(=O)C1=CC[C@H]2[C@@H]3C=CC4=CC(=O)[C@@H]5C[C@@H]5[C@]4(C)[C@H]3[C@@H](O)C[C@]12C. The van der Waals surface area contributed by atoms with E-state index in [1.807, 2.05) is 6.08 Å². The normalized spacial score (nSPS) is 52.4. The number of Topliss-reactive ketones (excluding diaryl/α,β-unsaturated/α-hetero) is 1. The number of hydrogen-bond donors (Lipinski definition) is 1. The van der Waals surface area contributed by atoms with Gasteiger partial charge in [0.1, 0.15) is 0 Å². The maximum absolute atomic E-state index is 12.2. The van der Waals surface area contributed by atoms with Gasteiger partial charge in [0.25, 0.3) is 0 Å². The summed E-state index contributed by atoms with van der Waals surface area (Å²) < 4.78 is 0. The summed E-state index contributed by atoms with van der Waals surface area (Å²) in [6, 6.07) is 0. The number of carbonyl (C=O) groups excluding carboxylic acids is 2. The van der Waals surface area contributed by atoms with Gasteiger partial charge in [-0.3, -0.25) is 9.59 Å². The Bertz CT molecular complexity index is 787. The first-order valence-corrected chi connectivity index (χ1v) is 9.62. The van der Waals surface area contributed by atoms with Gasteiger partial charge in [0.15, 0.2) is 11.6 Å². The third-order valence-electron chi connectivity index (χ3n) is 8.35. The number of fused-ring (bicyclic) bond motifs is 7. The molecule has 5 aliphatic carbocycles. The molecular weight excluding hydrogens is 312 g/mol. The minimum atomic E-state index is -0.431.